The van der Waals surface area contributed by atoms with Gasteiger partial charge in [-0.2, -0.15) is 5.10 Å². The fourth-order valence-corrected chi connectivity index (χ4v) is 3.09. The molecule has 0 aliphatic carbocycles. The van der Waals surface area contributed by atoms with Gasteiger partial charge in [0.2, 0.25) is 0 Å². The zero-order valence-electron chi connectivity index (χ0n) is 15.4. The Labute approximate surface area is 162 Å². The molecule has 0 radical (unpaired) electrons. The molecule has 2 atom stereocenters. The van der Waals surface area contributed by atoms with Gasteiger partial charge in [0.1, 0.15) is 18.2 Å². The van der Waals surface area contributed by atoms with E-state index >= 15 is 0 Å². The summed E-state index contributed by atoms with van der Waals surface area (Å²) in [6.45, 7) is 5.66. The van der Waals surface area contributed by atoms with Crippen LogP contribution >= 0.6 is 11.6 Å². The van der Waals surface area contributed by atoms with Gasteiger partial charge in [-0.3, -0.25) is 9.59 Å². The molecule has 1 aliphatic rings. The van der Waals surface area contributed by atoms with Crippen molar-refractivity contribution in [2.45, 2.75) is 39.3 Å². The van der Waals surface area contributed by atoms with Gasteiger partial charge in [0.25, 0.3) is 5.91 Å². The van der Waals surface area contributed by atoms with Gasteiger partial charge < -0.3 is 14.8 Å². The van der Waals surface area contributed by atoms with Crippen LogP contribution in [0.3, 0.4) is 0 Å². The van der Waals surface area contributed by atoms with E-state index in [-0.39, 0.29) is 12.6 Å². The number of benzene rings is 1. The number of nitrogens with zero attached hydrogens (tertiary/aromatic N) is 2. The van der Waals surface area contributed by atoms with E-state index < -0.39 is 23.9 Å². The van der Waals surface area contributed by atoms with Crippen LogP contribution in [0.25, 0.3) is 0 Å². The number of nitrogens with one attached hydrogen (secondary N) is 1. The van der Waals surface area contributed by atoms with Gasteiger partial charge in [0.15, 0.2) is 6.10 Å². The third kappa shape index (κ3) is 4.42. The van der Waals surface area contributed by atoms with E-state index in [1.165, 1.54) is 6.92 Å². The third-order valence-corrected chi connectivity index (χ3v) is 4.57. The van der Waals surface area contributed by atoms with Crippen LogP contribution in [-0.2, 0) is 20.7 Å². The minimum atomic E-state index is -0.936. The van der Waals surface area contributed by atoms with Crippen molar-refractivity contribution in [1.82, 2.24) is 9.78 Å². The number of esters is 1. The number of rotatable bonds is 5. The molecule has 0 unspecified atom stereocenters. The van der Waals surface area contributed by atoms with Crippen LogP contribution < -0.4 is 10.1 Å². The molecular formula is C19H22ClN3O4. The summed E-state index contributed by atoms with van der Waals surface area (Å²) >= 11 is 6.00. The Balaban J connectivity index is 1.59. The summed E-state index contributed by atoms with van der Waals surface area (Å²) in [5, 5.41) is 7.48. The van der Waals surface area contributed by atoms with Crippen molar-refractivity contribution in [3.63, 3.8) is 0 Å². The first-order valence-corrected chi connectivity index (χ1v) is 9.19. The van der Waals surface area contributed by atoms with E-state index in [0.717, 1.165) is 11.3 Å². The first kappa shape index (κ1) is 19.2. The van der Waals surface area contributed by atoms with Gasteiger partial charge in [-0.1, -0.05) is 11.6 Å². The highest BCUT2D eigenvalue weighted by Crippen LogP contribution is 2.30. The number of aromatic nitrogens is 2. The molecule has 144 valence electrons. The van der Waals surface area contributed by atoms with Crippen LogP contribution in [0.1, 0.15) is 32.4 Å². The molecule has 0 spiro atoms. The lowest BCUT2D eigenvalue weighted by Gasteiger charge is -2.25. The zero-order valence-corrected chi connectivity index (χ0v) is 16.2. The average molecular weight is 392 g/mol. The molecule has 0 bridgehead atoms. The molecule has 0 saturated heterocycles. The summed E-state index contributed by atoms with van der Waals surface area (Å²) in [6, 6.07) is 7.10. The maximum absolute atomic E-state index is 12.5. The lowest BCUT2D eigenvalue weighted by Crippen LogP contribution is -2.36. The number of hydrogen-bond donors (Lipinski definition) is 1. The molecule has 0 fully saturated rings. The third-order valence-electron chi connectivity index (χ3n) is 4.34. The van der Waals surface area contributed by atoms with E-state index in [1.54, 1.807) is 35.1 Å². The van der Waals surface area contributed by atoms with Crippen molar-refractivity contribution >= 4 is 29.3 Å². The first-order chi connectivity index (χ1) is 12.8. The number of carbonyl (C=O) groups is 2. The number of carbonyl (C=O) groups excluding carboxylic acids is 2. The van der Waals surface area contributed by atoms with Crippen molar-refractivity contribution in [1.29, 1.82) is 0 Å². The Morgan fingerprint density at radius 3 is 2.85 bits per heavy atom. The lowest BCUT2D eigenvalue weighted by atomic mass is 9.97. The van der Waals surface area contributed by atoms with E-state index in [1.807, 2.05) is 13.8 Å². The van der Waals surface area contributed by atoms with Crippen LogP contribution in [0.5, 0.6) is 5.75 Å². The smallest absolute Gasteiger partial charge is 0.313 e. The second kappa shape index (κ2) is 8.00. The van der Waals surface area contributed by atoms with Crippen molar-refractivity contribution in [3.8, 4) is 5.75 Å². The predicted octanol–water partition coefficient (Wildman–Crippen LogP) is 3.24. The fraction of sp³-hybridized carbons (Fsp3) is 0.421. The van der Waals surface area contributed by atoms with Gasteiger partial charge >= 0.3 is 5.97 Å². The number of fused-ring (bicyclic) bond motifs is 1. The number of halogens is 1. The van der Waals surface area contributed by atoms with E-state index in [4.69, 9.17) is 21.1 Å². The van der Waals surface area contributed by atoms with E-state index in [9.17, 15) is 9.59 Å². The van der Waals surface area contributed by atoms with Gasteiger partial charge in [-0.25, -0.2) is 4.68 Å². The summed E-state index contributed by atoms with van der Waals surface area (Å²) in [7, 11) is 0. The highest BCUT2D eigenvalue weighted by atomic mass is 35.5. The molecule has 8 heteroatoms. The molecule has 27 heavy (non-hydrogen) atoms. The number of ether oxygens (including phenoxy) is 2. The van der Waals surface area contributed by atoms with Crippen LogP contribution in [0.2, 0.25) is 5.02 Å². The molecule has 7 nitrogen and oxygen atoms in total. The largest absolute Gasteiger partial charge is 0.492 e. The Hall–Kier alpha value is -2.54. The van der Waals surface area contributed by atoms with Gasteiger partial charge in [0, 0.05) is 17.1 Å². The number of hydrogen-bond acceptors (Lipinski definition) is 5. The zero-order chi connectivity index (χ0) is 19.6. The second-order valence-electron chi connectivity index (χ2n) is 6.79. The summed E-state index contributed by atoms with van der Waals surface area (Å²) in [6.07, 6.45) is 1.13. The molecule has 2 aromatic rings. The molecule has 1 amide bonds. The molecule has 1 aromatic carbocycles. The van der Waals surface area contributed by atoms with Gasteiger partial charge in [-0.05, 0) is 51.0 Å². The quantitative estimate of drug-likeness (QED) is 0.791. The van der Waals surface area contributed by atoms with Crippen LogP contribution in [0, 0.1) is 5.92 Å². The standard InChI is InChI=1S/C19H22ClN3O4/c1-11(2)23-17(6-7-21-23)22-18(24)12(3)27-19(25)14-8-13-9-15(20)4-5-16(13)26-10-14/h4-7,9,11-12,14H,8,10H2,1-3H3,(H,22,24)/t12-,14+/m0/s1. The van der Waals surface area contributed by atoms with Crippen LogP contribution in [-0.4, -0.2) is 34.4 Å². The Kier molecular flexibility index (Phi) is 5.70. The maximum atomic E-state index is 12.5. The summed E-state index contributed by atoms with van der Waals surface area (Å²) in [5.74, 6) is -0.0855. The highest BCUT2D eigenvalue weighted by Gasteiger charge is 2.30. The Bertz CT molecular complexity index is 849. The maximum Gasteiger partial charge on any atom is 0.313 e. The van der Waals surface area contributed by atoms with Crippen LogP contribution in [0.15, 0.2) is 30.5 Å². The number of anilines is 1. The van der Waals surface area contributed by atoms with E-state index in [0.29, 0.717) is 17.3 Å². The molecule has 1 aromatic heterocycles. The average Bonchev–Trinajstić information content (AvgIpc) is 3.09. The summed E-state index contributed by atoms with van der Waals surface area (Å²) < 4.78 is 12.6. The Morgan fingerprint density at radius 1 is 1.33 bits per heavy atom. The van der Waals surface area contributed by atoms with E-state index in [2.05, 4.69) is 10.4 Å². The minimum Gasteiger partial charge on any atom is -0.492 e. The van der Waals surface area contributed by atoms with Crippen molar-refractivity contribution < 1.29 is 19.1 Å². The SMILES string of the molecule is CC(C)n1nccc1NC(=O)[C@H](C)OC(=O)[C@H]1COc2ccc(Cl)cc2C1. The fourth-order valence-electron chi connectivity index (χ4n) is 2.89. The minimum absolute atomic E-state index is 0.0967. The first-order valence-electron chi connectivity index (χ1n) is 8.81. The predicted molar refractivity (Wildman–Crippen MR) is 101 cm³/mol. The summed E-state index contributed by atoms with van der Waals surface area (Å²) in [4.78, 5) is 24.8. The molecule has 1 aliphatic heterocycles. The van der Waals surface area contributed by atoms with Gasteiger partial charge in [0.05, 0.1) is 12.1 Å². The lowest BCUT2D eigenvalue weighted by molar-refractivity contribution is -0.158. The normalized spacial score (nSPS) is 17.0. The summed E-state index contributed by atoms with van der Waals surface area (Å²) in [5.41, 5.74) is 0.855. The molecule has 0 saturated carbocycles. The van der Waals surface area contributed by atoms with Crippen molar-refractivity contribution in [2.75, 3.05) is 11.9 Å². The molecular weight excluding hydrogens is 370 g/mol. The molecule has 2 heterocycles. The van der Waals surface area contributed by atoms with Gasteiger partial charge in [-0.15, -0.1) is 0 Å². The van der Waals surface area contributed by atoms with Crippen LogP contribution in [0.4, 0.5) is 5.82 Å². The number of amides is 1. The molecule has 1 N–H and O–H groups in total. The Morgan fingerprint density at radius 2 is 2.11 bits per heavy atom. The monoisotopic (exact) mass is 391 g/mol. The van der Waals surface area contributed by atoms with Crippen molar-refractivity contribution in [2.24, 2.45) is 5.92 Å². The topological polar surface area (TPSA) is 82.5 Å². The molecule has 3 rings (SSSR count). The van der Waals surface area contributed by atoms with Crippen molar-refractivity contribution in [3.05, 3.63) is 41.0 Å². The highest BCUT2D eigenvalue weighted by molar-refractivity contribution is 6.30. The second-order valence-corrected chi connectivity index (χ2v) is 7.22.